The van der Waals surface area contributed by atoms with E-state index in [0.29, 0.717) is 18.2 Å². The standard InChI is InChI=1S/C24H34N2O4S/c1-17-13-26(18(2)16-27)31(28,29)24-11-10-20(7-6-19-4-5-19)12-22(24)30-23(17)15-25(3)14-21-8-9-21/h10-12,17-19,21,23,27H,4-5,8-9,13-16H2,1-3H3/t17-,18+,23-/m1/s1. The highest BCUT2D eigenvalue weighted by Gasteiger charge is 2.38. The lowest BCUT2D eigenvalue weighted by atomic mass is 10.0. The molecule has 31 heavy (non-hydrogen) atoms. The number of ether oxygens (including phenoxy) is 1. The van der Waals surface area contributed by atoms with Gasteiger partial charge in [0.2, 0.25) is 10.0 Å². The summed E-state index contributed by atoms with van der Waals surface area (Å²) < 4.78 is 34.8. The average molecular weight is 447 g/mol. The van der Waals surface area contributed by atoms with Crippen molar-refractivity contribution in [3.05, 3.63) is 23.8 Å². The van der Waals surface area contributed by atoms with Gasteiger partial charge in [-0.25, -0.2) is 8.42 Å². The van der Waals surface area contributed by atoms with Crippen molar-refractivity contribution in [3.63, 3.8) is 0 Å². The number of benzene rings is 1. The van der Waals surface area contributed by atoms with Gasteiger partial charge in [0, 0.05) is 43.1 Å². The SMILES string of the molecule is C[C@@H]1CN([C@@H](C)CO)S(=O)(=O)c2ccc(C#CC3CC3)cc2O[C@@H]1CN(C)CC1CC1. The van der Waals surface area contributed by atoms with E-state index in [1.165, 1.54) is 17.1 Å². The van der Waals surface area contributed by atoms with Gasteiger partial charge < -0.3 is 14.7 Å². The second kappa shape index (κ2) is 9.11. The molecule has 2 saturated carbocycles. The van der Waals surface area contributed by atoms with Gasteiger partial charge in [0.25, 0.3) is 0 Å². The van der Waals surface area contributed by atoms with E-state index < -0.39 is 16.1 Å². The Kier molecular flexibility index (Phi) is 6.64. The molecule has 1 heterocycles. The van der Waals surface area contributed by atoms with Crippen LogP contribution in [-0.2, 0) is 10.0 Å². The number of aliphatic hydroxyl groups excluding tert-OH is 1. The van der Waals surface area contributed by atoms with Crippen molar-refractivity contribution in [2.45, 2.75) is 56.6 Å². The number of rotatable bonds is 6. The normalized spacial score (nSPS) is 26.7. The van der Waals surface area contributed by atoms with E-state index in [9.17, 15) is 13.5 Å². The molecule has 0 spiro atoms. The van der Waals surface area contributed by atoms with Crippen LogP contribution in [0.25, 0.3) is 0 Å². The number of sulfonamides is 1. The van der Waals surface area contributed by atoms with E-state index in [4.69, 9.17) is 4.74 Å². The first-order valence-electron chi connectivity index (χ1n) is 11.4. The molecule has 1 aromatic rings. The topological polar surface area (TPSA) is 70.1 Å². The van der Waals surface area contributed by atoms with Crippen LogP contribution in [-0.4, -0.2) is 68.2 Å². The van der Waals surface area contributed by atoms with E-state index in [0.717, 1.165) is 37.4 Å². The fraction of sp³-hybridized carbons (Fsp3) is 0.667. The monoisotopic (exact) mass is 446 g/mol. The van der Waals surface area contributed by atoms with Crippen LogP contribution in [0, 0.1) is 29.6 Å². The summed E-state index contributed by atoms with van der Waals surface area (Å²) >= 11 is 0. The fourth-order valence-corrected chi connectivity index (χ4v) is 5.88. The van der Waals surface area contributed by atoms with Gasteiger partial charge in [-0.3, -0.25) is 0 Å². The molecular formula is C24H34N2O4S. The van der Waals surface area contributed by atoms with Crippen LogP contribution < -0.4 is 4.74 Å². The Morgan fingerprint density at radius 2 is 2.00 bits per heavy atom. The van der Waals surface area contributed by atoms with Crippen molar-refractivity contribution >= 4 is 10.0 Å². The third-order valence-electron chi connectivity index (χ3n) is 6.42. The maximum Gasteiger partial charge on any atom is 0.247 e. The van der Waals surface area contributed by atoms with Crippen LogP contribution in [0.1, 0.15) is 45.1 Å². The predicted molar refractivity (Wildman–Crippen MR) is 120 cm³/mol. The van der Waals surface area contributed by atoms with E-state index in [1.54, 1.807) is 25.1 Å². The molecule has 1 aromatic carbocycles. The van der Waals surface area contributed by atoms with Crippen molar-refractivity contribution in [1.29, 1.82) is 0 Å². The van der Waals surface area contributed by atoms with Gasteiger partial charge in [-0.1, -0.05) is 18.8 Å². The number of aliphatic hydroxyl groups is 1. The zero-order chi connectivity index (χ0) is 22.2. The molecule has 0 radical (unpaired) electrons. The van der Waals surface area contributed by atoms with Gasteiger partial charge in [-0.2, -0.15) is 4.31 Å². The highest BCUT2D eigenvalue weighted by atomic mass is 32.2. The van der Waals surface area contributed by atoms with Crippen LogP contribution in [0.3, 0.4) is 0 Å². The largest absolute Gasteiger partial charge is 0.487 e. The fourth-order valence-electron chi connectivity index (χ4n) is 4.06. The Bertz CT molecular complexity index is 960. The van der Waals surface area contributed by atoms with Gasteiger partial charge in [-0.15, -0.1) is 0 Å². The molecule has 2 fully saturated rings. The maximum absolute atomic E-state index is 13.5. The van der Waals surface area contributed by atoms with Crippen molar-refractivity contribution in [1.82, 2.24) is 9.21 Å². The third kappa shape index (κ3) is 5.43. The summed E-state index contributed by atoms with van der Waals surface area (Å²) in [6.07, 6.45) is 4.71. The molecule has 4 rings (SSSR count). The first kappa shape index (κ1) is 22.6. The molecule has 0 bridgehead atoms. The van der Waals surface area contributed by atoms with E-state index in [-0.39, 0.29) is 23.5 Å². The van der Waals surface area contributed by atoms with Gasteiger partial charge in [0.15, 0.2) is 0 Å². The second-order valence-electron chi connectivity index (χ2n) is 9.61. The van der Waals surface area contributed by atoms with Gasteiger partial charge in [0.1, 0.15) is 16.7 Å². The number of hydrogen-bond donors (Lipinski definition) is 1. The van der Waals surface area contributed by atoms with Crippen LogP contribution in [0.5, 0.6) is 5.75 Å². The summed E-state index contributed by atoms with van der Waals surface area (Å²) in [5.74, 6) is 8.00. The van der Waals surface area contributed by atoms with Crippen molar-refractivity contribution in [3.8, 4) is 17.6 Å². The summed E-state index contributed by atoms with van der Waals surface area (Å²) in [5, 5.41) is 9.74. The first-order valence-corrected chi connectivity index (χ1v) is 12.9. The molecule has 7 heteroatoms. The zero-order valence-electron chi connectivity index (χ0n) is 18.8. The Morgan fingerprint density at radius 1 is 1.26 bits per heavy atom. The molecule has 0 saturated heterocycles. The lowest BCUT2D eigenvalue weighted by Gasteiger charge is -2.37. The highest BCUT2D eigenvalue weighted by Crippen LogP contribution is 2.35. The number of nitrogens with zero attached hydrogens (tertiary/aromatic N) is 2. The van der Waals surface area contributed by atoms with Crippen LogP contribution >= 0.6 is 0 Å². The lowest BCUT2D eigenvalue weighted by Crippen LogP contribution is -2.49. The summed E-state index contributed by atoms with van der Waals surface area (Å²) in [5.41, 5.74) is 0.779. The molecular weight excluding hydrogens is 412 g/mol. The molecule has 1 aliphatic heterocycles. The van der Waals surface area contributed by atoms with E-state index in [1.807, 2.05) is 6.92 Å². The molecule has 0 amide bonds. The first-order chi connectivity index (χ1) is 14.8. The predicted octanol–water partition coefficient (Wildman–Crippen LogP) is 2.56. The molecule has 0 aromatic heterocycles. The lowest BCUT2D eigenvalue weighted by molar-refractivity contribution is 0.0740. The summed E-state index contributed by atoms with van der Waals surface area (Å²) in [6.45, 7) is 5.64. The molecule has 3 aliphatic rings. The minimum atomic E-state index is -3.80. The number of hydrogen-bond acceptors (Lipinski definition) is 5. The Hall–Kier alpha value is -1.59. The Morgan fingerprint density at radius 3 is 2.65 bits per heavy atom. The van der Waals surface area contributed by atoms with Crippen LogP contribution in [0.2, 0.25) is 0 Å². The molecule has 2 aliphatic carbocycles. The minimum Gasteiger partial charge on any atom is -0.487 e. The summed E-state index contributed by atoms with van der Waals surface area (Å²) in [7, 11) is -1.69. The van der Waals surface area contributed by atoms with Crippen molar-refractivity contribution in [2.24, 2.45) is 17.8 Å². The third-order valence-corrected chi connectivity index (χ3v) is 8.44. The Balaban J connectivity index is 1.69. The summed E-state index contributed by atoms with van der Waals surface area (Å²) in [4.78, 5) is 2.46. The molecule has 6 nitrogen and oxygen atoms in total. The van der Waals surface area contributed by atoms with Crippen molar-refractivity contribution < 1.29 is 18.3 Å². The minimum absolute atomic E-state index is 0.0280. The number of likely N-dealkylation sites (N-methyl/N-ethyl adjacent to an activating group) is 1. The second-order valence-corrected chi connectivity index (χ2v) is 11.5. The van der Waals surface area contributed by atoms with Gasteiger partial charge >= 0.3 is 0 Å². The van der Waals surface area contributed by atoms with E-state index >= 15 is 0 Å². The maximum atomic E-state index is 13.5. The Labute approximate surface area is 186 Å². The van der Waals surface area contributed by atoms with E-state index in [2.05, 4.69) is 23.8 Å². The molecule has 3 atom stereocenters. The molecule has 170 valence electrons. The summed E-state index contributed by atoms with van der Waals surface area (Å²) in [6, 6.07) is 4.64. The molecule has 0 unspecified atom stereocenters. The van der Waals surface area contributed by atoms with Gasteiger partial charge in [0.05, 0.1) is 6.61 Å². The number of fused-ring (bicyclic) bond motifs is 1. The highest BCUT2D eigenvalue weighted by molar-refractivity contribution is 7.89. The van der Waals surface area contributed by atoms with Crippen LogP contribution in [0.15, 0.2) is 23.1 Å². The average Bonchev–Trinajstić information content (AvgIpc) is 3.64. The smallest absolute Gasteiger partial charge is 0.247 e. The van der Waals surface area contributed by atoms with Gasteiger partial charge in [-0.05, 0) is 63.8 Å². The van der Waals surface area contributed by atoms with Crippen molar-refractivity contribution in [2.75, 3.05) is 33.3 Å². The van der Waals surface area contributed by atoms with Crippen LogP contribution in [0.4, 0.5) is 0 Å². The quantitative estimate of drug-likeness (QED) is 0.680. The molecule has 1 N–H and O–H groups in total. The zero-order valence-corrected chi connectivity index (χ0v) is 19.6.